The molecule has 1 heterocycles. The van der Waals surface area contributed by atoms with E-state index in [0.717, 1.165) is 5.25 Å². The normalized spacial score (nSPS) is 32.4. The van der Waals surface area contributed by atoms with Gasteiger partial charge in [-0.15, -0.1) is 0 Å². The molecule has 0 saturated carbocycles. The van der Waals surface area contributed by atoms with Crippen LogP contribution >= 0.6 is 11.6 Å². The summed E-state index contributed by atoms with van der Waals surface area (Å²) in [5.41, 5.74) is 0.101. The van der Waals surface area contributed by atoms with E-state index in [-0.39, 0.29) is 5.60 Å². The number of hydrogen-bond acceptors (Lipinski definition) is 2. The summed E-state index contributed by atoms with van der Waals surface area (Å²) in [5, 5.41) is 0.749. The fraction of sp³-hybridized carbons (Fsp3) is 1.00. The first kappa shape index (κ1) is 8.47. The predicted molar refractivity (Wildman–Crippen MR) is 48.5 cm³/mol. The molecule has 1 nitrogen and oxygen atoms in total. The van der Waals surface area contributed by atoms with Crippen molar-refractivity contribution in [2.45, 2.75) is 44.9 Å². The maximum absolute atomic E-state index is 5.71. The molecule has 0 N–H and O–H groups in total. The molecule has 1 rings (SSSR count). The quantitative estimate of drug-likeness (QED) is 0.500. The average molecular weight is 158 g/mol. The Morgan fingerprint density at radius 1 is 1.60 bits per heavy atom. The molecule has 0 radical (unpaired) electrons. The van der Waals surface area contributed by atoms with Gasteiger partial charge in [0.2, 0.25) is 0 Å². The molecule has 1 fully saturated rings. The van der Waals surface area contributed by atoms with Crippen LogP contribution < -0.4 is 0 Å². The Balaban J connectivity index is 2.51. The van der Waals surface area contributed by atoms with Gasteiger partial charge in [0.25, 0.3) is 0 Å². The second-order valence-electron chi connectivity index (χ2n) is 3.60. The first-order valence-electron chi connectivity index (χ1n) is 3.83. The summed E-state index contributed by atoms with van der Waals surface area (Å²) in [6, 6.07) is 0. The molecular formula is C7H15BOS. The Morgan fingerprint density at radius 3 is 2.60 bits per heavy atom. The van der Waals surface area contributed by atoms with Gasteiger partial charge in [-0.05, 0) is 32.3 Å². The minimum absolute atomic E-state index is 0.101. The smallest absolute Gasteiger partial charge is 0.358 e. The summed E-state index contributed by atoms with van der Waals surface area (Å²) in [6.45, 7) is 8.73. The van der Waals surface area contributed by atoms with Crippen LogP contribution in [0, 0.1) is 0 Å². The van der Waals surface area contributed by atoms with Crippen LogP contribution in [-0.4, -0.2) is 17.0 Å². The highest BCUT2D eigenvalue weighted by atomic mass is 32.2. The van der Waals surface area contributed by atoms with Crippen molar-refractivity contribution >= 4 is 17.8 Å². The zero-order chi connectivity index (χ0) is 7.78. The predicted octanol–water partition coefficient (Wildman–Crippen LogP) is 2.43. The maximum atomic E-state index is 5.71. The molecule has 58 valence electrons. The molecule has 0 amide bonds. The van der Waals surface area contributed by atoms with Gasteiger partial charge in [0, 0.05) is 5.60 Å². The summed E-state index contributed by atoms with van der Waals surface area (Å²) in [6.07, 6.45) is 1.54. The van der Waals surface area contributed by atoms with Gasteiger partial charge in [0.15, 0.2) is 0 Å². The van der Waals surface area contributed by atoms with E-state index in [1.54, 1.807) is 0 Å². The molecule has 10 heavy (non-hydrogen) atoms. The number of hydrogen-bond donors (Lipinski definition) is 0. The zero-order valence-electron chi connectivity index (χ0n) is 7.18. The highest BCUT2D eigenvalue weighted by Gasteiger charge is 2.32. The van der Waals surface area contributed by atoms with E-state index in [4.69, 9.17) is 4.65 Å². The summed E-state index contributed by atoms with van der Waals surface area (Å²) in [7, 11) is 0. The topological polar surface area (TPSA) is 9.23 Å². The third-order valence-corrected chi connectivity index (χ3v) is 2.80. The second-order valence-corrected chi connectivity index (χ2v) is 5.34. The van der Waals surface area contributed by atoms with Gasteiger partial charge < -0.3 is 4.65 Å². The fourth-order valence-corrected chi connectivity index (χ4v) is 3.06. The Hall–Kier alpha value is 0.375. The van der Waals surface area contributed by atoms with Crippen molar-refractivity contribution < 1.29 is 4.65 Å². The van der Waals surface area contributed by atoms with Crippen LogP contribution in [0.4, 0.5) is 0 Å². The molecule has 0 aromatic carbocycles. The van der Waals surface area contributed by atoms with Gasteiger partial charge in [-0.1, -0.05) is 6.92 Å². The first-order valence-corrected chi connectivity index (χ1v) is 4.77. The van der Waals surface area contributed by atoms with Crippen molar-refractivity contribution in [2.24, 2.45) is 0 Å². The Morgan fingerprint density at radius 2 is 2.20 bits per heavy atom. The van der Waals surface area contributed by atoms with Crippen molar-refractivity contribution in [1.29, 1.82) is 0 Å². The minimum Gasteiger partial charge on any atom is -0.421 e. The molecule has 1 atom stereocenters. The zero-order valence-corrected chi connectivity index (χ0v) is 7.99. The maximum Gasteiger partial charge on any atom is 0.358 e. The van der Waals surface area contributed by atoms with E-state index >= 15 is 0 Å². The van der Waals surface area contributed by atoms with Crippen LogP contribution in [0.2, 0.25) is 6.82 Å². The molecule has 0 aromatic rings. The van der Waals surface area contributed by atoms with Crippen molar-refractivity contribution in [3.8, 4) is 0 Å². The van der Waals surface area contributed by atoms with Crippen LogP contribution in [0.25, 0.3) is 0 Å². The van der Waals surface area contributed by atoms with Crippen LogP contribution in [-0.2, 0) is 4.65 Å². The third-order valence-electron chi connectivity index (χ3n) is 1.69. The summed E-state index contributed by atoms with van der Waals surface area (Å²) >= 11 is 1.92. The van der Waals surface area contributed by atoms with Gasteiger partial charge in [-0.25, -0.2) is 0 Å². The Labute approximate surface area is 67.9 Å². The van der Waals surface area contributed by atoms with Gasteiger partial charge in [0.05, 0.1) is 0 Å². The lowest BCUT2D eigenvalue weighted by atomic mass is 9.95. The molecule has 0 bridgehead atoms. The largest absolute Gasteiger partial charge is 0.421 e. The molecule has 1 aliphatic rings. The molecule has 1 unspecified atom stereocenters. The van der Waals surface area contributed by atoms with Gasteiger partial charge in [-0.3, -0.25) is 0 Å². The van der Waals surface area contributed by atoms with Crippen LogP contribution in [0.3, 0.4) is 0 Å². The highest BCUT2D eigenvalue weighted by molar-refractivity contribution is 8.25. The average Bonchev–Trinajstić information content (AvgIpc) is 1.54. The van der Waals surface area contributed by atoms with Gasteiger partial charge in [-0.2, -0.15) is 11.6 Å². The molecule has 1 aliphatic heterocycles. The van der Waals surface area contributed by atoms with E-state index in [1.165, 1.54) is 6.42 Å². The lowest BCUT2D eigenvalue weighted by Crippen LogP contribution is -2.38. The molecule has 0 spiro atoms. The molecule has 3 heteroatoms. The van der Waals surface area contributed by atoms with Gasteiger partial charge in [0.1, 0.15) is 0 Å². The van der Waals surface area contributed by atoms with Crippen molar-refractivity contribution in [3.63, 3.8) is 0 Å². The highest BCUT2D eigenvalue weighted by Crippen LogP contribution is 2.33. The molecule has 0 aliphatic carbocycles. The molecule has 1 saturated heterocycles. The SMILES string of the molecule is CB1OC(C)(C)CC(C)S1. The van der Waals surface area contributed by atoms with Crippen LogP contribution in [0.15, 0.2) is 0 Å². The second kappa shape index (κ2) is 2.78. The van der Waals surface area contributed by atoms with E-state index in [9.17, 15) is 0 Å². The first-order chi connectivity index (χ1) is 4.49. The standard InChI is InChI=1S/C7H15BOS/c1-6-5-7(2,3)9-8(4)10-6/h6H,5H2,1-4H3. The van der Waals surface area contributed by atoms with Crippen LogP contribution in [0.5, 0.6) is 0 Å². The lowest BCUT2D eigenvalue weighted by Gasteiger charge is -2.36. The third kappa shape index (κ3) is 2.20. The van der Waals surface area contributed by atoms with E-state index < -0.39 is 0 Å². The Bertz CT molecular complexity index is 115. The van der Waals surface area contributed by atoms with E-state index in [2.05, 4.69) is 27.6 Å². The minimum atomic E-state index is 0.101. The van der Waals surface area contributed by atoms with Crippen molar-refractivity contribution in [3.05, 3.63) is 0 Å². The van der Waals surface area contributed by atoms with Crippen molar-refractivity contribution in [1.82, 2.24) is 0 Å². The van der Waals surface area contributed by atoms with Crippen molar-refractivity contribution in [2.75, 3.05) is 0 Å². The van der Waals surface area contributed by atoms with E-state index in [0.29, 0.717) is 6.19 Å². The van der Waals surface area contributed by atoms with Crippen LogP contribution in [0.1, 0.15) is 27.2 Å². The lowest BCUT2D eigenvalue weighted by molar-refractivity contribution is 0.100. The van der Waals surface area contributed by atoms with Gasteiger partial charge >= 0.3 is 6.19 Å². The summed E-state index contributed by atoms with van der Waals surface area (Å²) in [4.78, 5) is 0. The summed E-state index contributed by atoms with van der Waals surface area (Å²) in [5.74, 6) is 0. The molecule has 0 aromatic heterocycles. The Kier molecular flexibility index (Phi) is 2.36. The summed E-state index contributed by atoms with van der Waals surface area (Å²) < 4.78 is 5.71. The number of rotatable bonds is 0. The van der Waals surface area contributed by atoms with E-state index in [1.807, 2.05) is 11.6 Å². The fourth-order valence-electron chi connectivity index (χ4n) is 1.59. The monoisotopic (exact) mass is 158 g/mol. The molecular weight excluding hydrogens is 143 g/mol.